The predicted octanol–water partition coefficient (Wildman–Crippen LogP) is 3.82. The first kappa shape index (κ1) is 24.1. The zero-order chi connectivity index (χ0) is 21.7. The number of pyridine rings is 1. The van der Waals surface area contributed by atoms with Gasteiger partial charge in [-0.1, -0.05) is 38.1 Å². The lowest BCUT2D eigenvalue weighted by atomic mass is 9.96. The second-order valence-electron chi connectivity index (χ2n) is 7.39. The summed E-state index contributed by atoms with van der Waals surface area (Å²) in [7, 11) is 0. The number of carboxylic acid groups (broad SMARTS) is 1. The molecule has 9 heteroatoms. The molecule has 0 saturated carbocycles. The van der Waals surface area contributed by atoms with Crippen molar-refractivity contribution in [3.8, 4) is 0 Å². The Morgan fingerprint density at radius 2 is 1.90 bits per heavy atom. The predicted molar refractivity (Wildman–Crippen MR) is 115 cm³/mol. The Kier molecular flexibility index (Phi) is 8.38. The van der Waals surface area contributed by atoms with E-state index in [0.717, 1.165) is 11.1 Å². The Morgan fingerprint density at radius 3 is 2.58 bits per heavy atom. The fourth-order valence-electron chi connectivity index (χ4n) is 3.57. The lowest BCUT2D eigenvalue weighted by Crippen LogP contribution is -2.43. The molecule has 2 heterocycles. The molecule has 8 nitrogen and oxygen atoms in total. The Bertz CT molecular complexity index is 923. The van der Waals surface area contributed by atoms with Gasteiger partial charge in [0.1, 0.15) is 6.61 Å². The van der Waals surface area contributed by atoms with Gasteiger partial charge in [0.15, 0.2) is 6.23 Å². The minimum absolute atomic E-state index is 0. The highest BCUT2D eigenvalue weighted by Crippen LogP contribution is 2.34. The third kappa shape index (κ3) is 5.95. The van der Waals surface area contributed by atoms with Gasteiger partial charge in [-0.25, -0.2) is 4.79 Å². The molecule has 0 aliphatic carbocycles. The highest BCUT2D eigenvalue weighted by atomic mass is 35.5. The van der Waals surface area contributed by atoms with Crippen LogP contribution in [0.2, 0.25) is 0 Å². The summed E-state index contributed by atoms with van der Waals surface area (Å²) in [6.07, 6.45) is 1.47. The fourth-order valence-corrected chi connectivity index (χ4v) is 3.57. The average Bonchev–Trinajstić information content (AvgIpc) is 3.09. The standard InChI is InChI=1S/C22H24N2O6.ClH/c1-14(10-15(2)21(26)29-13-16-6-5-9-23-12-16)20(25)24-18-8-4-3-7-17(18)11-19(24)30-22(27)28;/h3-9,12,14-15,19H,10-11,13H2,1-2H3,(H,27,28);1H/t14-,15-,19+;/m1./s1. The van der Waals surface area contributed by atoms with Crippen LogP contribution in [0.1, 0.15) is 31.4 Å². The number of halogens is 1. The number of para-hydroxylation sites is 1. The lowest BCUT2D eigenvalue weighted by Gasteiger charge is -2.27. The summed E-state index contributed by atoms with van der Waals surface area (Å²) in [4.78, 5) is 41.9. The number of fused-ring (bicyclic) bond motifs is 1. The molecule has 0 saturated heterocycles. The molecular formula is C22H25ClN2O6. The van der Waals surface area contributed by atoms with Crippen LogP contribution in [-0.2, 0) is 32.1 Å². The fraction of sp³-hybridized carbons (Fsp3) is 0.364. The molecule has 0 bridgehead atoms. The molecule has 166 valence electrons. The van der Waals surface area contributed by atoms with E-state index in [0.29, 0.717) is 12.1 Å². The van der Waals surface area contributed by atoms with E-state index in [1.165, 1.54) is 4.90 Å². The van der Waals surface area contributed by atoms with E-state index in [9.17, 15) is 14.4 Å². The number of anilines is 1. The smallest absolute Gasteiger partial charge is 0.461 e. The number of rotatable bonds is 7. The third-order valence-electron chi connectivity index (χ3n) is 5.04. The van der Waals surface area contributed by atoms with E-state index in [1.807, 2.05) is 18.2 Å². The molecule has 3 atom stereocenters. The summed E-state index contributed by atoms with van der Waals surface area (Å²) in [6.45, 7) is 3.54. The van der Waals surface area contributed by atoms with Crippen molar-refractivity contribution in [2.75, 3.05) is 4.90 Å². The van der Waals surface area contributed by atoms with Crippen molar-refractivity contribution in [1.82, 2.24) is 4.98 Å². The number of aromatic nitrogens is 1. The molecule has 1 N–H and O–H groups in total. The summed E-state index contributed by atoms with van der Waals surface area (Å²) in [6, 6.07) is 10.8. The Labute approximate surface area is 186 Å². The molecule has 1 amide bonds. The second-order valence-corrected chi connectivity index (χ2v) is 7.39. The monoisotopic (exact) mass is 448 g/mol. The summed E-state index contributed by atoms with van der Waals surface area (Å²) in [5, 5.41) is 9.04. The maximum atomic E-state index is 13.1. The van der Waals surface area contributed by atoms with Crippen LogP contribution in [0.4, 0.5) is 10.5 Å². The first-order valence-corrected chi connectivity index (χ1v) is 9.73. The van der Waals surface area contributed by atoms with E-state index >= 15 is 0 Å². The molecule has 31 heavy (non-hydrogen) atoms. The summed E-state index contributed by atoms with van der Waals surface area (Å²) in [5.41, 5.74) is 2.25. The molecule has 2 aromatic rings. The molecule has 0 spiro atoms. The van der Waals surface area contributed by atoms with Crippen molar-refractivity contribution in [2.24, 2.45) is 11.8 Å². The molecule has 1 aliphatic heterocycles. The number of benzene rings is 1. The maximum absolute atomic E-state index is 13.1. The van der Waals surface area contributed by atoms with Gasteiger partial charge in [-0.05, 0) is 24.1 Å². The SMILES string of the molecule is C[C@H](C[C@@H](C)C(=O)N1c2ccccc2C[C@@H]1OC(=O)O)C(=O)OCc1cccnc1.Cl. The van der Waals surface area contributed by atoms with Crippen LogP contribution in [0.15, 0.2) is 48.8 Å². The van der Waals surface area contributed by atoms with E-state index in [-0.39, 0.29) is 31.3 Å². The lowest BCUT2D eigenvalue weighted by molar-refractivity contribution is -0.150. The molecule has 1 aliphatic rings. The summed E-state index contributed by atoms with van der Waals surface area (Å²) in [5.74, 6) is -1.73. The molecule has 0 radical (unpaired) electrons. The van der Waals surface area contributed by atoms with Gasteiger partial charge in [-0.3, -0.25) is 19.5 Å². The Hall–Kier alpha value is -3.13. The van der Waals surface area contributed by atoms with E-state index in [4.69, 9.17) is 14.6 Å². The van der Waals surface area contributed by atoms with Crippen LogP contribution < -0.4 is 4.90 Å². The number of hydrogen-bond donors (Lipinski definition) is 1. The Morgan fingerprint density at radius 1 is 1.16 bits per heavy atom. The molecule has 1 aromatic heterocycles. The first-order valence-electron chi connectivity index (χ1n) is 9.73. The van der Waals surface area contributed by atoms with Crippen LogP contribution in [0, 0.1) is 11.8 Å². The van der Waals surface area contributed by atoms with Crippen LogP contribution in [0.3, 0.4) is 0 Å². The van der Waals surface area contributed by atoms with E-state index < -0.39 is 30.2 Å². The number of esters is 1. The van der Waals surface area contributed by atoms with Crippen LogP contribution in [0.5, 0.6) is 0 Å². The molecule has 0 fully saturated rings. The maximum Gasteiger partial charge on any atom is 0.507 e. The second kappa shape index (κ2) is 10.8. The summed E-state index contributed by atoms with van der Waals surface area (Å²) < 4.78 is 10.3. The van der Waals surface area contributed by atoms with Gasteiger partial charge < -0.3 is 14.6 Å². The zero-order valence-corrected chi connectivity index (χ0v) is 18.1. The quantitative estimate of drug-likeness (QED) is 0.641. The third-order valence-corrected chi connectivity index (χ3v) is 5.04. The van der Waals surface area contributed by atoms with Gasteiger partial charge in [0, 0.05) is 30.3 Å². The van der Waals surface area contributed by atoms with Crippen molar-refractivity contribution in [1.29, 1.82) is 0 Å². The highest BCUT2D eigenvalue weighted by molar-refractivity contribution is 5.97. The number of hydrogen-bond acceptors (Lipinski definition) is 6. The summed E-state index contributed by atoms with van der Waals surface area (Å²) >= 11 is 0. The van der Waals surface area contributed by atoms with Gasteiger partial charge in [0.25, 0.3) is 0 Å². The van der Waals surface area contributed by atoms with Gasteiger partial charge in [-0.15, -0.1) is 12.4 Å². The van der Waals surface area contributed by atoms with Crippen LogP contribution in [0.25, 0.3) is 0 Å². The van der Waals surface area contributed by atoms with Crippen molar-refractivity contribution in [3.63, 3.8) is 0 Å². The van der Waals surface area contributed by atoms with Gasteiger partial charge in [0.05, 0.1) is 11.6 Å². The zero-order valence-electron chi connectivity index (χ0n) is 17.3. The topological polar surface area (TPSA) is 106 Å². The van der Waals surface area contributed by atoms with Crippen LogP contribution in [-0.4, -0.2) is 34.4 Å². The molecular weight excluding hydrogens is 424 g/mol. The van der Waals surface area contributed by atoms with Crippen LogP contribution >= 0.6 is 12.4 Å². The number of carbonyl (C=O) groups is 3. The molecule has 0 unspecified atom stereocenters. The van der Waals surface area contributed by atoms with Crippen molar-refractivity contribution < 1.29 is 29.0 Å². The van der Waals surface area contributed by atoms with Crippen molar-refractivity contribution in [2.45, 2.75) is 39.5 Å². The minimum atomic E-state index is -1.44. The Balaban J connectivity index is 0.00000341. The number of carbonyl (C=O) groups excluding carboxylic acids is 2. The number of amides is 1. The molecule has 1 aromatic carbocycles. The van der Waals surface area contributed by atoms with Gasteiger partial charge in [-0.2, -0.15) is 0 Å². The first-order chi connectivity index (χ1) is 14.4. The largest absolute Gasteiger partial charge is 0.507 e. The van der Waals surface area contributed by atoms with E-state index in [1.54, 1.807) is 44.4 Å². The van der Waals surface area contributed by atoms with Crippen molar-refractivity contribution in [3.05, 3.63) is 59.9 Å². The van der Waals surface area contributed by atoms with Gasteiger partial charge in [0.2, 0.25) is 5.91 Å². The molecule has 3 rings (SSSR count). The van der Waals surface area contributed by atoms with Gasteiger partial charge >= 0.3 is 12.1 Å². The highest BCUT2D eigenvalue weighted by Gasteiger charge is 2.38. The van der Waals surface area contributed by atoms with E-state index in [2.05, 4.69) is 4.98 Å². The number of nitrogens with zero attached hydrogens (tertiary/aromatic N) is 2. The minimum Gasteiger partial charge on any atom is -0.461 e. The average molecular weight is 449 g/mol. The van der Waals surface area contributed by atoms with Crippen molar-refractivity contribution >= 4 is 36.1 Å². The normalized spacial score (nSPS) is 16.5. The number of ether oxygens (including phenoxy) is 2.